The molecule has 4 rings (SSSR count). The molecule has 1 atom stereocenters. The zero-order chi connectivity index (χ0) is 27.4. The second-order valence-corrected chi connectivity index (χ2v) is 9.38. The number of amides is 1. The number of aromatic nitrogens is 3. The fourth-order valence-electron chi connectivity index (χ4n) is 3.86. The molecule has 0 spiro atoms. The van der Waals surface area contributed by atoms with E-state index in [0.717, 1.165) is 27.2 Å². The average molecular weight is 538 g/mol. The Morgan fingerprint density at radius 3 is 2.42 bits per heavy atom. The largest absolute Gasteiger partial charge is 0.497 e. The number of thiazole rings is 1. The summed E-state index contributed by atoms with van der Waals surface area (Å²) in [6.07, 6.45) is 0.0994. The van der Waals surface area contributed by atoms with Crippen molar-refractivity contribution in [3.05, 3.63) is 75.7 Å². The minimum Gasteiger partial charge on any atom is -0.497 e. The standard InChI is InChI=1S/C26H27N5O6S/c1-30(2)17-9-5-15(6-10-17)13-20(22(32)29-25-27-19(14-38-25)24(34)37-4)31-23(33)21(28-26(31)35)16-7-11-18(36-3)12-8-16/h5-12,14,20,33H,13H2,1-4H3,(H,28,35)(H,27,29,32)/t20-/m0/s1. The molecule has 0 aliphatic rings. The predicted molar refractivity (Wildman–Crippen MR) is 144 cm³/mol. The molecule has 0 bridgehead atoms. The Kier molecular flexibility index (Phi) is 7.82. The Bertz CT molecular complexity index is 1490. The fraction of sp³-hybridized carbons (Fsp3) is 0.231. The van der Waals surface area contributed by atoms with Crippen molar-refractivity contribution in [2.75, 3.05) is 38.5 Å². The van der Waals surface area contributed by atoms with Gasteiger partial charge in [0.25, 0.3) is 0 Å². The molecular weight excluding hydrogens is 510 g/mol. The van der Waals surface area contributed by atoms with Gasteiger partial charge < -0.3 is 29.8 Å². The molecule has 198 valence electrons. The first-order valence-electron chi connectivity index (χ1n) is 11.5. The van der Waals surface area contributed by atoms with Gasteiger partial charge in [-0.3, -0.25) is 4.79 Å². The first-order chi connectivity index (χ1) is 18.2. The first-order valence-corrected chi connectivity index (χ1v) is 12.4. The predicted octanol–water partition coefficient (Wildman–Crippen LogP) is 3.29. The summed E-state index contributed by atoms with van der Waals surface area (Å²) < 4.78 is 10.9. The number of hydrogen-bond donors (Lipinski definition) is 3. The van der Waals surface area contributed by atoms with Crippen LogP contribution in [0.5, 0.6) is 11.6 Å². The molecule has 0 aliphatic carbocycles. The molecule has 2 aromatic heterocycles. The maximum absolute atomic E-state index is 13.5. The quantitative estimate of drug-likeness (QED) is 0.277. The fourth-order valence-corrected chi connectivity index (χ4v) is 4.54. The molecule has 2 aromatic carbocycles. The number of ether oxygens (including phenoxy) is 2. The van der Waals surface area contributed by atoms with Crippen LogP contribution >= 0.6 is 11.3 Å². The molecule has 12 heteroatoms. The number of imidazole rings is 1. The SMILES string of the molecule is COC(=O)c1csc(NC(=O)[C@H](Cc2ccc(N(C)C)cc2)n2c(O)c(-c3ccc(OC)cc3)[nH]c2=O)n1. The van der Waals surface area contributed by atoms with Crippen LogP contribution in [-0.2, 0) is 16.0 Å². The Morgan fingerprint density at radius 2 is 1.82 bits per heavy atom. The van der Waals surface area contributed by atoms with E-state index in [1.165, 1.54) is 19.6 Å². The molecule has 0 saturated carbocycles. The topological polar surface area (TPSA) is 139 Å². The van der Waals surface area contributed by atoms with Crippen LogP contribution in [0.2, 0.25) is 0 Å². The summed E-state index contributed by atoms with van der Waals surface area (Å²) in [5.74, 6) is -1.00. The molecular formula is C26H27N5O6S. The average Bonchev–Trinajstić information content (AvgIpc) is 3.50. The normalized spacial score (nSPS) is 11.6. The molecule has 0 aliphatic heterocycles. The highest BCUT2D eigenvalue weighted by Crippen LogP contribution is 2.31. The second-order valence-electron chi connectivity index (χ2n) is 8.53. The molecule has 2 heterocycles. The van der Waals surface area contributed by atoms with Gasteiger partial charge in [-0.25, -0.2) is 19.1 Å². The number of hydrogen-bond acceptors (Lipinski definition) is 9. The Labute approximate surface area is 222 Å². The summed E-state index contributed by atoms with van der Waals surface area (Å²) in [7, 11) is 6.61. The number of H-pyrrole nitrogens is 1. The summed E-state index contributed by atoms with van der Waals surface area (Å²) in [6, 6.07) is 13.1. The molecule has 0 radical (unpaired) electrons. The zero-order valence-electron chi connectivity index (χ0n) is 21.2. The van der Waals surface area contributed by atoms with Crippen LogP contribution in [0.1, 0.15) is 22.1 Å². The van der Waals surface area contributed by atoms with Crippen LogP contribution in [0.15, 0.2) is 58.7 Å². The van der Waals surface area contributed by atoms with E-state index in [2.05, 4.69) is 20.0 Å². The molecule has 3 N–H and O–H groups in total. The lowest BCUT2D eigenvalue weighted by atomic mass is 10.0. The number of nitrogens with one attached hydrogen (secondary N) is 2. The number of nitrogens with zero attached hydrogens (tertiary/aromatic N) is 3. The lowest BCUT2D eigenvalue weighted by molar-refractivity contribution is -0.119. The highest BCUT2D eigenvalue weighted by atomic mass is 32.1. The van der Waals surface area contributed by atoms with E-state index >= 15 is 0 Å². The van der Waals surface area contributed by atoms with Crippen molar-refractivity contribution < 1.29 is 24.2 Å². The van der Waals surface area contributed by atoms with Crippen LogP contribution in [-0.4, -0.2) is 59.8 Å². The number of carbonyl (C=O) groups is 2. The van der Waals surface area contributed by atoms with E-state index in [1.807, 2.05) is 43.3 Å². The zero-order valence-corrected chi connectivity index (χ0v) is 22.0. The Morgan fingerprint density at radius 1 is 1.13 bits per heavy atom. The van der Waals surface area contributed by atoms with Crippen molar-refractivity contribution >= 4 is 34.0 Å². The minimum absolute atomic E-state index is 0.0482. The Hall–Kier alpha value is -4.58. The number of carbonyl (C=O) groups excluding carboxylic acids is 2. The third-order valence-electron chi connectivity index (χ3n) is 5.91. The van der Waals surface area contributed by atoms with Gasteiger partial charge in [-0.05, 0) is 42.0 Å². The third-order valence-corrected chi connectivity index (χ3v) is 6.66. The van der Waals surface area contributed by atoms with Crippen LogP contribution in [0.3, 0.4) is 0 Å². The summed E-state index contributed by atoms with van der Waals surface area (Å²) in [5, 5.41) is 15.4. The highest BCUT2D eigenvalue weighted by molar-refractivity contribution is 7.14. The monoisotopic (exact) mass is 537 g/mol. The lowest BCUT2D eigenvalue weighted by Crippen LogP contribution is -2.33. The van der Waals surface area contributed by atoms with Crippen molar-refractivity contribution in [2.24, 2.45) is 0 Å². The van der Waals surface area contributed by atoms with Crippen LogP contribution in [0.4, 0.5) is 10.8 Å². The first kappa shape index (κ1) is 26.5. The van der Waals surface area contributed by atoms with Gasteiger partial charge in [0.2, 0.25) is 11.8 Å². The maximum Gasteiger partial charge on any atom is 0.357 e. The summed E-state index contributed by atoms with van der Waals surface area (Å²) in [5.41, 5.74) is 1.83. The maximum atomic E-state index is 13.5. The van der Waals surface area contributed by atoms with E-state index in [4.69, 9.17) is 4.74 Å². The van der Waals surface area contributed by atoms with Crippen molar-refractivity contribution in [2.45, 2.75) is 12.5 Å². The van der Waals surface area contributed by atoms with Crippen molar-refractivity contribution in [1.82, 2.24) is 14.5 Å². The van der Waals surface area contributed by atoms with Crippen LogP contribution in [0.25, 0.3) is 11.3 Å². The van der Waals surface area contributed by atoms with Gasteiger partial charge in [0.15, 0.2) is 10.8 Å². The van der Waals surface area contributed by atoms with Gasteiger partial charge >= 0.3 is 11.7 Å². The molecule has 4 aromatic rings. The number of esters is 1. The van der Waals surface area contributed by atoms with Gasteiger partial charge in [-0.2, -0.15) is 0 Å². The summed E-state index contributed by atoms with van der Waals surface area (Å²) in [6.45, 7) is 0. The number of methoxy groups -OCH3 is 2. The van der Waals surface area contributed by atoms with Crippen molar-refractivity contribution in [1.29, 1.82) is 0 Å². The van der Waals surface area contributed by atoms with Crippen molar-refractivity contribution in [3.8, 4) is 22.9 Å². The number of benzene rings is 2. The molecule has 0 saturated heterocycles. The van der Waals surface area contributed by atoms with E-state index in [1.54, 1.807) is 24.3 Å². The molecule has 1 amide bonds. The smallest absolute Gasteiger partial charge is 0.357 e. The molecule has 0 unspecified atom stereocenters. The van der Waals surface area contributed by atoms with E-state index in [9.17, 15) is 19.5 Å². The highest BCUT2D eigenvalue weighted by Gasteiger charge is 2.29. The van der Waals surface area contributed by atoms with Gasteiger partial charge in [0.1, 0.15) is 17.5 Å². The van der Waals surface area contributed by atoms with Gasteiger partial charge in [0, 0.05) is 37.1 Å². The molecule has 38 heavy (non-hydrogen) atoms. The Balaban J connectivity index is 1.71. The van der Waals surface area contributed by atoms with E-state index in [0.29, 0.717) is 11.3 Å². The van der Waals surface area contributed by atoms with Gasteiger partial charge in [0.05, 0.1) is 14.2 Å². The van der Waals surface area contributed by atoms with Crippen LogP contribution < -0.4 is 20.6 Å². The van der Waals surface area contributed by atoms with E-state index < -0.39 is 23.6 Å². The van der Waals surface area contributed by atoms with Gasteiger partial charge in [-0.15, -0.1) is 11.3 Å². The van der Waals surface area contributed by atoms with E-state index in [-0.39, 0.29) is 28.8 Å². The van der Waals surface area contributed by atoms with Crippen LogP contribution in [0, 0.1) is 0 Å². The second kappa shape index (κ2) is 11.2. The number of anilines is 2. The number of aromatic amines is 1. The number of aromatic hydroxyl groups is 1. The van der Waals surface area contributed by atoms with Crippen molar-refractivity contribution in [3.63, 3.8) is 0 Å². The third kappa shape index (κ3) is 5.54. The minimum atomic E-state index is -1.14. The summed E-state index contributed by atoms with van der Waals surface area (Å²) in [4.78, 5) is 47.0. The lowest BCUT2D eigenvalue weighted by Gasteiger charge is -2.19. The number of rotatable bonds is 9. The molecule has 0 fully saturated rings. The molecule has 11 nitrogen and oxygen atoms in total. The van der Waals surface area contributed by atoms with Gasteiger partial charge in [-0.1, -0.05) is 12.1 Å². The summed E-state index contributed by atoms with van der Waals surface area (Å²) >= 11 is 1.04.